The first-order valence-electron chi connectivity index (χ1n) is 45.6. The molecule has 20 aromatic carbocycles. The van der Waals surface area contributed by atoms with Gasteiger partial charge in [-0.1, -0.05) is 338 Å². The van der Waals surface area contributed by atoms with Crippen molar-refractivity contribution < 1.29 is 0 Å². The van der Waals surface area contributed by atoms with Gasteiger partial charge in [0, 0.05) is 132 Å². The lowest BCUT2D eigenvalue weighted by Crippen LogP contribution is -1.95. The number of para-hydroxylation sites is 12. The van der Waals surface area contributed by atoms with E-state index in [-0.39, 0.29) is 59.4 Å². The summed E-state index contributed by atoms with van der Waals surface area (Å²) >= 11 is 0. The van der Waals surface area contributed by atoms with Crippen molar-refractivity contribution in [2.75, 3.05) is 0 Å². The highest BCUT2D eigenvalue weighted by molar-refractivity contribution is 6.31. The number of fused-ring (bicyclic) bond motifs is 27. The molecule has 0 aliphatic carbocycles. The first kappa shape index (κ1) is 94.6. The zero-order chi connectivity index (χ0) is 87.8. The van der Waals surface area contributed by atoms with Crippen molar-refractivity contribution in [1.29, 1.82) is 0 Å². The third-order valence-electron chi connectivity index (χ3n) is 27.0. The Morgan fingerprint density at radius 3 is 0.593 bits per heavy atom. The van der Waals surface area contributed by atoms with Gasteiger partial charge in [-0.25, -0.2) is 0 Å². The molecule has 8 heteroatoms. The average Bonchev–Trinajstić information content (AvgIpc) is 1.67. The molecule has 0 saturated heterocycles. The summed E-state index contributed by atoms with van der Waals surface area (Å²) < 4.78 is 19.3. The lowest BCUT2D eigenvalue weighted by atomic mass is 10.1. The molecule has 0 fully saturated rings. The van der Waals surface area contributed by atoms with E-state index in [0.29, 0.717) is 0 Å². The Kier molecular flexibility index (Phi) is 26.0. The molecule has 688 valence electrons. The smallest absolute Gasteiger partial charge is 0.0641 e. The van der Waals surface area contributed by atoms with Crippen LogP contribution in [0, 0.1) is 27.7 Å². The summed E-state index contributed by atoms with van der Waals surface area (Å²) in [4.78, 5) is 0. The summed E-state index contributed by atoms with van der Waals surface area (Å²) in [7, 11) is 0. The van der Waals surface area contributed by atoms with Crippen LogP contribution in [0.3, 0.4) is 0 Å². The SMILES string of the molecule is C.C.C.C.C.C.C.C.Cc1cccc(-n2c3ccccc3c3c2ccc2c4ccccc4n(-c4ccccc4)c23)c1.Cc1cccc(-n2c3ccccc3c3c4c5ccccc5n(-c5ccccc5)c4ccc32)c1.Cc1cccc(-n2c3ccccc3c3cc4c(cc32)c2ccccc2n4-c2ccccc2)c1.Cc1cccc(-n2c3ccccc3c3ccc4c(c5ccccc5n4-c4ccccc4)c32)c1. The molecule has 8 heterocycles. The fraction of sp³-hybridized carbons (Fsp3) is 0.0909. The predicted octanol–water partition coefficient (Wildman–Crippen LogP) is 37.8. The Morgan fingerprint density at radius 1 is 0.114 bits per heavy atom. The molecule has 0 aliphatic rings. The van der Waals surface area contributed by atoms with Crippen LogP contribution in [-0.2, 0) is 0 Å². The summed E-state index contributed by atoms with van der Waals surface area (Å²) in [5.74, 6) is 0. The van der Waals surface area contributed by atoms with Crippen LogP contribution in [0.15, 0.2) is 461 Å². The molecule has 8 aromatic heterocycles. The van der Waals surface area contributed by atoms with Crippen LogP contribution in [0.4, 0.5) is 0 Å². The number of hydrogen-bond donors (Lipinski definition) is 0. The number of nitrogens with zero attached hydrogens (tertiary/aromatic N) is 8. The van der Waals surface area contributed by atoms with Crippen LogP contribution in [-0.4, -0.2) is 36.5 Å². The maximum absolute atomic E-state index is 2.45. The molecule has 140 heavy (non-hydrogen) atoms. The standard InChI is InChI=1S/4C31H22N2.8CH4/c1-21-10-9-13-23(18-21)33-29-17-8-6-15-25(29)27-19-30-26(20-31(27)33)24-14-5-7-16-28(24)32(30)22-11-3-2-4-12-22;1-21-10-9-13-23(20-21)32-28-17-8-6-15-26(28)30-29(32)19-18-25-24-14-5-7-16-27(24)33(31(25)30)22-11-3-2-4-12-22;1-21-10-9-13-23(20-21)33-27-16-7-5-14-24(27)25-18-19-29-30(31(25)33)26-15-6-8-17-28(26)32(29)22-11-3-2-4-12-22;1-21-10-9-13-23(20-21)33-27-17-8-6-15-25(27)31-29(33)19-18-28-30(31)24-14-5-7-16-26(24)32(28)22-11-3-2-4-12-22;;;;;;;;/h4*2-20H,1H3;8*1H4. The van der Waals surface area contributed by atoms with Gasteiger partial charge in [0.05, 0.1) is 88.3 Å². The molecular weight excluding hydrogens is 1700 g/mol. The van der Waals surface area contributed by atoms with E-state index < -0.39 is 0 Å². The molecule has 0 atom stereocenters. The summed E-state index contributed by atoms with van der Waals surface area (Å²) in [5.41, 5.74) is 34.4. The molecule has 0 unspecified atom stereocenters. The van der Waals surface area contributed by atoms with E-state index in [0.717, 1.165) is 0 Å². The highest BCUT2D eigenvalue weighted by Crippen LogP contribution is 2.48. The van der Waals surface area contributed by atoms with E-state index in [1.165, 1.54) is 242 Å². The molecule has 0 amide bonds. The molecular formula is C132H120N8. The van der Waals surface area contributed by atoms with E-state index in [9.17, 15) is 0 Å². The minimum absolute atomic E-state index is 0. The quantitative estimate of drug-likeness (QED) is 0.145. The summed E-state index contributed by atoms with van der Waals surface area (Å²) in [6, 6.07) is 166. The van der Waals surface area contributed by atoms with Crippen LogP contribution < -0.4 is 0 Å². The van der Waals surface area contributed by atoms with Gasteiger partial charge in [-0.15, -0.1) is 0 Å². The van der Waals surface area contributed by atoms with Crippen molar-refractivity contribution in [1.82, 2.24) is 36.5 Å². The molecule has 0 aliphatic heterocycles. The van der Waals surface area contributed by atoms with Crippen LogP contribution >= 0.6 is 0 Å². The molecule has 8 nitrogen and oxygen atoms in total. The van der Waals surface area contributed by atoms with Crippen molar-refractivity contribution in [3.05, 3.63) is 483 Å². The Morgan fingerprint density at radius 2 is 0.300 bits per heavy atom. The van der Waals surface area contributed by atoms with Crippen LogP contribution in [0.5, 0.6) is 0 Å². The van der Waals surface area contributed by atoms with Gasteiger partial charge < -0.3 is 36.5 Å². The lowest BCUT2D eigenvalue weighted by molar-refractivity contribution is 1.17. The highest BCUT2D eigenvalue weighted by atomic mass is 15.1. The molecule has 0 spiro atoms. The normalized spacial score (nSPS) is 11.1. The van der Waals surface area contributed by atoms with Gasteiger partial charge in [0.25, 0.3) is 0 Å². The highest BCUT2D eigenvalue weighted by Gasteiger charge is 2.27. The molecule has 0 saturated carbocycles. The van der Waals surface area contributed by atoms with Gasteiger partial charge in [0.15, 0.2) is 0 Å². The van der Waals surface area contributed by atoms with Crippen molar-refractivity contribution >= 4 is 174 Å². The van der Waals surface area contributed by atoms with E-state index in [1.54, 1.807) is 0 Å². The van der Waals surface area contributed by atoms with E-state index >= 15 is 0 Å². The fourth-order valence-electron chi connectivity index (χ4n) is 21.5. The van der Waals surface area contributed by atoms with Gasteiger partial charge in [0.2, 0.25) is 0 Å². The van der Waals surface area contributed by atoms with Gasteiger partial charge in [-0.3, -0.25) is 0 Å². The van der Waals surface area contributed by atoms with Crippen molar-refractivity contribution in [3.63, 3.8) is 0 Å². The molecule has 28 rings (SSSR count). The second-order valence-electron chi connectivity index (χ2n) is 35.0. The Hall–Kier alpha value is -17.2. The minimum atomic E-state index is 0. The first-order chi connectivity index (χ1) is 65.2. The molecule has 0 radical (unpaired) electrons. The topological polar surface area (TPSA) is 39.4 Å². The molecule has 28 aromatic rings. The second kappa shape index (κ2) is 38.5. The Balaban J connectivity index is 0.000000126. The maximum Gasteiger partial charge on any atom is 0.0641 e. The first-order valence-corrected chi connectivity index (χ1v) is 45.6. The van der Waals surface area contributed by atoms with Crippen molar-refractivity contribution in [3.8, 4) is 45.5 Å². The Bertz CT molecular complexity index is 9350. The predicted molar refractivity (Wildman–Crippen MR) is 613 cm³/mol. The van der Waals surface area contributed by atoms with Gasteiger partial charge >= 0.3 is 0 Å². The Labute approximate surface area is 821 Å². The van der Waals surface area contributed by atoms with Gasteiger partial charge in [0.1, 0.15) is 0 Å². The third kappa shape index (κ3) is 15.2. The average molecular weight is 1820 g/mol. The van der Waals surface area contributed by atoms with Crippen LogP contribution in [0.1, 0.15) is 81.7 Å². The van der Waals surface area contributed by atoms with E-state index in [4.69, 9.17) is 0 Å². The number of benzene rings is 20. The number of rotatable bonds is 8. The molecule has 0 N–H and O–H groups in total. The lowest BCUT2D eigenvalue weighted by Gasteiger charge is -2.10. The second-order valence-corrected chi connectivity index (χ2v) is 35.0. The number of hydrogen-bond acceptors (Lipinski definition) is 0. The van der Waals surface area contributed by atoms with E-state index in [1.807, 2.05) is 0 Å². The number of aromatic nitrogens is 8. The summed E-state index contributed by atoms with van der Waals surface area (Å²) in [6.45, 7) is 8.63. The monoisotopic (exact) mass is 1820 g/mol. The number of aryl methyl sites for hydroxylation is 4. The summed E-state index contributed by atoms with van der Waals surface area (Å²) in [5, 5.41) is 20.6. The zero-order valence-corrected chi connectivity index (χ0v) is 73.5. The van der Waals surface area contributed by atoms with E-state index in [2.05, 4.69) is 525 Å². The molecule has 0 bridgehead atoms. The minimum Gasteiger partial charge on any atom is -0.309 e. The van der Waals surface area contributed by atoms with Crippen molar-refractivity contribution in [2.24, 2.45) is 0 Å². The van der Waals surface area contributed by atoms with Gasteiger partial charge in [-0.2, -0.15) is 0 Å². The summed E-state index contributed by atoms with van der Waals surface area (Å²) in [6.07, 6.45) is 0. The van der Waals surface area contributed by atoms with Crippen molar-refractivity contribution in [2.45, 2.75) is 87.1 Å². The van der Waals surface area contributed by atoms with Gasteiger partial charge in [-0.05, 0) is 232 Å². The fourth-order valence-corrected chi connectivity index (χ4v) is 21.5. The largest absolute Gasteiger partial charge is 0.309 e. The zero-order valence-electron chi connectivity index (χ0n) is 73.5. The van der Waals surface area contributed by atoms with Crippen LogP contribution in [0.2, 0.25) is 0 Å². The third-order valence-corrected chi connectivity index (χ3v) is 27.0. The maximum atomic E-state index is 2.45. The van der Waals surface area contributed by atoms with Crippen LogP contribution in [0.25, 0.3) is 220 Å².